The van der Waals surface area contributed by atoms with Crippen LogP contribution >= 0.6 is 0 Å². The van der Waals surface area contributed by atoms with Crippen LogP contribution in [0.25, 0.3) is 12.2 Å². The van der Waals surface area contributed by atoms with Gasteiger partial charge >= 0.3 is 0 Å². The molecule has 0 aliphatic heterocycles. The first-order valence-electron chi connectivity index (χ1n) is 6.30. The highest BCUT2D eigenvalue weighted by Gasteiger charge is 2.07. The van der Waals surface area contributed by atoms with E-state index in [1.165, 1.54) is 12.1 Å². The number of halogens is 2. The molecule has 0 amide bonds. The van der Waals surface area contributed by atoms with E-state index in [1.54, 1.807) is 7.11 Å². The first kappa shape index (κ1) is 14.3. The van der Waals surface area contributed by atoms with Crippen LogP contribution in [0.15, 0.2) is 42.5 Å². The quantitative estimate of drug-likeness (QED) is 0.704. The van der Waals surface area contributed by atoms with Gasteiger partial charge < -0.3 is 4.74 Å². The van der Waals surface area contributed by atoms with E-state index in [-0.39, 0.29) is 5.56 Å². The third-order valence-electron chi connectivity index (χ3n) is 2.96. The Morgan fingerprint density at radius 2 is 1.60 bits per heavy atom. The minimum atomic E-state index is -2.44. The Hall–Kier alpha value is -2.16. The van der Waals surface area contributed by atoms with E-state index in [0.29, 0.717) is 0 Å². The first-order chi connectivity index (χ1) is 9.58. The van der Waals surface area contributed by atoms with Crippen LogP contribution in [0, 0.1) is 6.92 Å². The van der Waals surface area contributed by atoms with Crippen molar-refractivity contribution >= 4 is 12.2 Å². The molecule has 0 heterocycles. The van der Waals surface area contributed by atoms with Gasteiger partial charge in [-0.1, -0.05) is 42.0 Å². The zero-order valence-corrected chi connectivity index (χ0v) is 11.4. The molecular weight excluding hydrogens is 258 g/mol. The second kappa shape index (κ2) is 6.33. The number of rotatable bonds is 4. The van der Waals surface area contributed by atoms with Gasteiger partial charge in [0.15, 0.2) is 0 Å². The normalized spacial score (nSPS) is 11.2. The molecule has 0 unspecified atom stereocenters. The molecule has 0 fully saturated rings. The van der Waals surface area contributed by atoms with Crippen molar-refractivity contribution in [2.45, 2.75) is 13.3 Å². The topological polar surface area (TPSA) is 9.23 Å². The maximum absolute atomic E-state index is 12.7. The summed E-state index contributed by atoms with van der Waals surface area (Å²) in [5.41, 5.74) is 2.65. The average molecular weight is 274 g/mol. The molecule has 0 atom stereocenters. The van der Waals surface area contributed by atoms with Gasteiger partial charge in [-0.2, -0.15) is 0 Å². The van der Waals surface area contributed by atoms with Crippen LogP contribution in [-0.4, -0.2) is 7.11 Å². The first-order valence-corrected chi connectivity index (χ1v) is 6.30. The number of ether oxygens (including phenoxy) is 1. The molecule has 2 rings (SSSR count). The molecule has 1 nitrogen and oxygen atoms in total. The lowest BCUT2D eigenvalue weighted by atomic mass is 10.1. The number of benzene rings is 2. The molecule has 3 heteroatoms. The van der Waals surface area contributed by atoms with Gasteiger partial charge in [-0.05, 0) is 36.2 Å². The molecule has 0 aliphatic rings. The molecule has 0 saturated heterocycles. The summed E-state index contributed by atoms with van der Waals surface area (Å²) in [6, 6.07) is 12.5. The average Bonchev–Trinajstić information content (AvgIpc) is 2.45. The Balaban J connectivity index is 2.21. The summed E-state index contributed by atoms with van der Waals surface area (Å²) < 4.78 is 30.6. The van der Waals surface area contributed by atoms with Crippen LogP contribution in [-0.2, 0) is 0 Å². The molecule has 0 saturated carbocycles. The Bertz CT molecular complexity index is 601. The fourth-order valence-corrected chi connectivity index (χ4v) is 1.97. The molecular formula is C17H16F2O. The van der Waals surface area contributed by atoms with E-state index in [1.807, 2.05) is 49.4 Å². The minimum absolute atomic E-state index is 0.0550. The Labute approximate surface area is 117 Å². The Morgan fingerprint density at radius 3 is 2.20 bits per heavy atom. The number of hydrogen-bond donors (Lipinski definition) is 0. The molecule has 0 aromatic heterocycles. The van der Waals surface area contributed by atoms with Crippen molar-refractivity contribution in [3.8, 4) is 5.75 Å². The lowest BCUT2D eigenvalue weighted by molar-refractivity contribution is 0.151. The molecule has 0 N–H and O–H groups in total. The molecule has 104 valence electrons. The summed E-state index contributed by atoms with van der Waals surface area (Å²) >= 11 is 0. The number of alkyl halides is 2. The Kier molecular flexibility index (Phi) is 4.51. The SMILES string of the molecule is COc1ccc(/C=C/c2cc(C)cc(C(F)F)c2)cc1. The molecule has 2 aromatic carbocycles. The summed E-state index contributed by atoms with van der Waals surface area (Å²) in [6.45, 7) is 1.82. The summed E-state index contributed by atoms with van der Waals surface area (Å²) in [7, 11) is 1.61. The fourth-order valence-electron chi connectivity index (χ4n) is 1.97. The predicted octanol–water partition coefficient (Wildman–Crippen LogP) is 5.11. The summed E-state index contributed by atoms with van der Waals surface area (Å²) in [4.78, 5) is 0. The maximum atomic E-state index is 12.7. The molecule has 0 aliphatic carbocycles. The number of aryl methyl sites for hydroxylation is 1. The third-order valence-corrected chi connectivity index (χ3v) is 2.96. The second-order valence-corrected chi connectivity index (χ2v) is 4.58. The van der Waals surface area contributed by atoms with Crippen molar-refractivity contribution < 1.29 is 13.5 Å². The smallest absolute Gasteiger partial charge is 0.263 e. The minimum Gasteiger partial charge on any atom is -0.497 e. The zero-order valence-electron chi connectivity index (χ0n) is 11.4. The summed E-state index contributed by atoms with van der Waals surface area (Å²) in [5.74, 6) is 0.790. The van der Waals surface area contributed by atoms with Crippen molar-refractivity contribution in [3.05, 3.63) is 64.7 Å². The van der Waals surface area contributed by atoms with Gasteiger partial charge in [-0.15, -0.1) is 0 Å². The van der Waals surface area contributed by atoms with Crippen molar-refractivity contribution in [2.24, 2.45) is 0 Å². The van der Waals surface area contributed by atoms with Crippen LogP contribution in [0.4, 0.5) is 8.78 Å². The van der Waals surface area contributed by atoms with Gasteiger partial charge in [0, 0.05) is 5.56 Å². The van der Waals surface area contributed by atoms with E-state index in [0.717, 1.165) is 22.4 Å². The molecule has 2 aromatic rings. The van der Waals surface area contributed by atoms with Crippen LogP contribution < -0.4 is 4.74 Å². The highest BCUT2D eigenvalue weighted by Crippen LogP contribution is 2.22. The van der Waals surface area contributed by atoms with Crippen LogP contribution in [0.1, 0.15) is 28.7 Å². The van der Waals surface area contributed by atoms with E-state index in [9.17, 15) is 8.78 Å². The van der Waals surface area contributed by atoms with Crippen molar-refractivity contribution in [2.75, 3.05) is 7.11 Å². The molecule has 20 heavy (non-hydrogen) atoms. The standard InChI is InChI=1S/C17H16F2O/c1-12-9-14(11-15(10-12)17(18)19)4-3-13-5-7-16(20-2)8-6-13/h3-11,17H,1-2H3/b4-3+. The lowest BCUT2D eigenvalue weighted by Gasteiger charge is -2.04. The highest BCUT2D eigenvalue weighted by atomic mass is 19.3. The van der Waals surface area contributed by atoms with Crippen LogP contribution in [0.3, 0.4) is 0 Å². The number of methoxy groups -OCH3 is 1. The van der Waals surface area contributed by atoms with Gasteiger partial charge in [0.1, 0.15) is 5.75 Å². The van der Waals surface area contributed by atoms with Gasteiger partial charge in [0.2, 0.25) is 0 Å². The predicted molar refractivity (Wildman–Crippen MR) is 78.1 cm³/mol. The molecule has 0 radical (unpaired) electrons. The number of hydrogen-bond acceptors (Lipinski definition) is 1. The molecule has 0 bridgehead atoms. The molecule has 0 spiro atoms. The van der Waals surface area contributed by atoms with E-state index < -0.39 is 6.43 Å². The van der Waals surface area contributed by atoms with E-state index in [4.69, 9.17) is 4.74 Å². The highest BCUT2D eigenvalue weighted by molar-refractivity contribution is 5.70. The van der Waals surface area contributed by atoms with Gasteiger partial charge in [-0.3, -0.25) is 0 Å². The monoisotopic (exact) mass is 274 g/mol. The van der Waals surface area contributed by atoms with Gasteiger partial charge in [-0.25, -0.2) is 8.78 Å². The Morgan fingerprint density at radius 1 is 0.950 bits per heavy atom. The summed E-state index contributed by atoms with van der Waals surface area (Å²) in [5, 5.41) is 0. The van der Waals surface area contributed by atoms with Crippen molar-refractivity contribution in [3.63, 3.8) is 0 Å². The maximum Gasteiger partial charge on any atom is 0.263 e. The second-order valence-electron chi connectivity index (χ2n) is 4.58. The van der Waals surface area contributed by atoms with Crippen molar-refractivity contribution in [1.82, 2.24) is 0 Å². The van der Waals surface area contributed by atoms with Crippen LogP contribution in [0.2, 0.25) is 0 Å². The third kappa shape index (κ3) is 3.67. The zero-order chi connectivity index (χ0) is 14.5. The lowest BCUT2D eigenvalue weighted by Crippen LogP contribution is -1.87. The van der Waals surface area contributed by atoms with E-state index >= 15 is 0 Å². The van der Waals surface area contributed by atoms with Crippen molar-refractivity contribution in [1.29, 1.82) is 0 Å². The van der Waals surface area contributed by atoms with Gasteiger partial charge in [0.25, 0.3) is 6.43 Å². The summed E-state index contributed by atoms with van der Waals surface area (Å²) in [6.07, 6.45) is 1.28. The fraction of sp³-hybridized carbons (Fsp3) is 0.176. The van der Waals surface area contributed by atoms with Gasteiger partial charge in [0.05, 0.1) is 7.11 Å². The van der Waals surface area contributed by atoms with E-state index in [2.05, 4.69) is 0 Å². The largest absolute Gasteiger partial charge is 0.497 e. The van der Waals surface area contributed by atoms with Crippen LogP contribution in [0.5, 0.6) is 5.75 Å².